The summed E-state index contributed by atoms with van der Waals surface area (Å²) in [6.07, 6.45) is 0. The number of amides is 1. The molecule has 0 radical (unpaired) electrons. The van der Waals surface area contributed by atoms with Gasteiger partial charge in [0.15, 0.2) is 11.5 Å². The number of methoxy groups -OCH3 is 1. The molecule has 100 valence electrons. The van der Waals surface area contributed by atoms with Crippen LogP contribution in [0.15, 0.2) is 18.2 Å². The molecule has 18 heavy (non-hydrogen) atoms. The van der Waals surface area contributed by atoms with E-state index in [2.05, 4.69) is 5.32 Å². The van der Waals surface area contributed by atoms with E-state index < -0.39 is 0 Å². The third kappa shape index (κ3) is 3.63. The van der Waals surface area contributed by atoms with E-state index in [9.17, 15) is 4.79 Å². The second-order valence-corrected chi connectivity index (χ2v) is 3.92. The molecule has 0 heterocycles. The first kappa shape index (κ1) is 14.3. The number of benzene rings is 1. The van der Waals surface area contributed by atoms with Gasteiger partial charge in [0.1, 0.15) is 0 Å². The number of rotatable bonds is 6. The fraction of sp³-hybridized carbons (Fsp3) is 0.462. The average molecular weight is 252 g/mol. The van der Waals surface area contributed by atoms with Crippen LogP contribution in [0.1, 0.15) is 13.8 Å². The van der Waals surface area contributed by atoms with E-state index in [0.717, 1.165) is 0 Å². The lowest BCUT2D eigenvalue weighted by Crippen LogP contribution is -2.26. The van der Waals surface area contributed by atoms with E-state index in [1.54, 1.807) is 32.2 Å². The summed E-state index contributed by atoms with van der Waals surface area (Å²) in [5, 5.41) is 2.78. The summed E-state index contributed by atoms with van der Waals surface area (Å²) >= 11 is 0. The van der Waals surface area contributed by atoms with Gasteiger partial charge in [0.25, 0.3) is 0 Å². The number of hydrogen-bond donors (Lipinski definition) is 2. The lowest BCUT2D eigenvalue weighted by atomic mass is 10.1. The minimum Gasteiger partial charge on any atom is -0.493 e. The quantitative estimate of drug-likeness (QED) is 0.807. The van der Waals surface area contributed by atoms with E-state index in [1.165, 1.54) is 0 Å². The number of anilines is 1. The first-order valence-electron chi connectivity index (χ1n) is 5.94. The predicted octanol–water partition coefficient (Wildman–Crippen LogP) is 1.63. The Kier molecular flexibility index (Phi) is 5.45. The standard InChI is InChI=1S/C13H20N2O3/c1-4-18-11-6-5-10(7-12(11)17-3)15-13(16)9(2)8-14/h5-7,9H,4,8,14H2,1-3H3,(H,15,16). The highest BCUT2D eigenvalue weighted by Crippen LogP contribution is 2.30. The Morgan fingerprint density at radius 2 is 2.17 bits per heavy atom. The van der Waals surface area contributed by atoms with Crippen LogP contribution in [0.2, 0.25) is 0 Å². The second kappa shape index (κ2) is 6.86. The van der Waals surface area contributed by atoms with Crippen molar-refractivity contribution in [1.29, 1.82) is 0 Å². The topological polar surface area (TPSA) is 73.6 Å². The monoisotopic (exact) mass is 252 g/mol. The van der Waals surface area contributed by atoms with Crippen molar-refractivity contribution in [2.24, 2.45) is 11.7 Å². The van der Waals surface area contributed by atoms with E-state index in [-0.39, 0.29) is 11.8 Å². The molecule has 1 unspecified atom stereocenters. The summed E-state index contributed by atoms with van der Waals surface area (Å²) in [5.41, 5.74) is 6.11. The van der Waals surface area contributed by atoms with Crippen LogP contribution in [0, 0.1) is 5.92 Å². The van der Waals surface area contributed by atoms with Crippen LogP contribution >= 0.6 is 0 Å². The zero-order chi connectivity index (χ0) is 13.5. The Labute approximate surface area is 107 Å². The fourth-order valence-corrected chi connectivity index (χ4v) is 1.39. The molecule has 0 saturated carbocycles. The van der Waals surface area contributed by atoms with Gasteiger partial charge in [0.2, 0.25) is 5.91 Å². The molecule has 1 rings (SSSR count). The third-order valence-corrected chi connectivity index (χ3v) is 2.53. The summed E-state index contributed by atoms with van der Waals surface area (Å²) in [4.78, 5) is 11.7. The van der Waals surface area contributed by atoms with Gasteiger partial charge in [-0.05, 0) is 19.1 Å². The Balaban J connectivity index is 2.82. The van der Waals surface area contributed by atoms with Crippen molar-refractivity contribution in [2.75, 3.05) is 25.6 Å². The first-order valence-corrected chi connectivity index (χ1v) is 5.94. The molecule has 0 fully saturated rings. The highest BCUT2D eigenvalue weighted by Gasteiger charge is 2.12. The molecule has 1 aromatic carbocycles. The molecule has 0 aliphatic rings. The van der Waals surface area contributed by atoms with Crippen LogP contribution in [-0.4, -0.2) is 26.2 Å². The minimum absolute atomic E-state index is 0.108. The summed E-state index contributed by atoms with van der Waals surface area (Å²) in [6.45, 7) is 4.56. The van der Waals surface area contributed by atoms with Crippen molar-refractivity contribution >= 4 is 11.6 Å². The summed E-state index contributed by atoms with van der Waals surface area (Å²) in [6, 6.07) is 5.27. The predicted molar refractivity (Wildman–Crippen MR) is 71.0 cm³/mol. The van der Waals surface area contributed by atoms with E-state index in [0.29, 0.717) is 30.3 Å². The highest BCUT2D eigenvalue weighted by atomic mass is 16.5. The number of carbonyl (C=O) groups excluding carboxylic acids is 1. The Morgan fingerprint density at radius 1 is 1.44 bits per heavy atom. The molecule has 0 saturated heterocycles. The molecule has 1 aromatic rings. The van der Waals surface area contributed by atoms with Gasteiger partial charge in [-0.2, -0.15) is 0 Å². The second-order valence-electron chi connectivity index (χ2n) is 3.92. The molecule has 1 atom stereocenters. The maximum absolute atomic E-state index is 11.7. The number of carbonyl (C=O) groups is 1. The van der Waals surface area contributed by atoms with Crippen LogP contribution in [0.4, 0.5) is 5.69 Å². The summed E-state index contributed by atoms with van der Waals surface area (Å²) in [5.74, 6) is 0.922. The van der Waals surface area contributed by atoms with Gasteiger partial charge in [-0.15, -0.1) is 0 Å². The van der Waals surface area contributed by atoms with Crippen molar-refractivity contribution in [2.45, 2.75) is 13.8 Å². The fourth-order valence-electron chi connectivity index (χ4n) is 1.39. The van der Waals surface area contributed by atoms with Gasteiger partial charge in [-0.3, -0.25) is 4.79 Å². The largest absolute Gasteiger partial charge is 0.493 e. The van der Waals surface area contributed by atoms with Crippen LogP contribution in [0.25, 0.3) is 0 Å². The molecule has 1 amide bonds. The molecular weight excluding hydrogens is 232 g/mol. The van der Waals surface area contributed by atoms with Gasteiger partial charge in [-0.25, -0.2) is 0 Å². The van der Waals surface area contributed by atoms with Gasteiger partial charge < -0.3 is 20.5 Å². The van der Waals surface area contributed by atoms with Gasteiger partial charge >= 0.3 is 0 Å². The number of hydrogen-bond acceptors (Lipinski definition) is 4. The zero-order valence-corrected chi connectivity index (χ0v) is 11.0. The van der Waals surface area contributed by atoms with E-state index >= 15 is 0 Å². The van der Waals surface area contributed by atoms with Crippen LogP contribution in [-0.2, 0) is 4.79 Å². The molecule has 5 heteroatoms. The maximum Gasteiger partial charge on any atom is 0.228 e. The molecule has 0 spiro atoms. The smallest absolute Gasteiger partial charge is 0.228 e. The Morgan fingerprint density at radius 3 is 2.72 bits per heavy atom. The molecular formula is C13H20N2O3. The van der Waals surface area contributed by atoms with Crippen molar-refractivity contribution in [1.82, 2.24) is 0 Å². The van der Waals surface area contributed by atoms with Crippen molar-refractivity contribution in [3.63, 3.8) is 0 Å². The number of ether oxygens (including phenoxy) is 2. The zero-order valence-electron chi connectivity index (χ0n) is 11.0. The lowest BCUT2D eigenvalue weighted by Gasteiger charge is -2.13. The van der Waals surface area contributed by atoms with E-state index in [4.69, 9.17) is 15.2 Å². The van der Waals surface area contributed by atoms with Crippen LogP contribution in [0.3, 0.4) is 0 Å². The maximum atomic E-state index is 11.7. The SMILES string of the molecule is CCOc1ccc(NC(=O)C(C)CN)cc1OC. The number of nitrogens with one attached hydrogen (secondary N) is 1. The lowest BCUT2D eigenvalue weighted by molar-refractivity contribution is -0.119. The summed E-state index contributed by atoms with van der Waals surface area (Å²) < 4.78 is 10.6. The molecule has 0 aromatic heterocycles. The van der Waals surface area contributed by atoms with Crippen molar-refractivity contribution in [3.05, 3.63) is 18.2 Å². The Hall–Kier alpha value is -1.75. The normalized spacial score (nSPS) is 11.8. The molecule has 0 bridgehead atoms. The van der Waals surface area contributed by atoms with Crippen molar-refractivity contribution in [3.8, 4) is 11.5 Å². The molecule has 3 N–H and O–H groups in total. The third-order valence-electron chi connectivity index (χ3n) is 2.53. The highest BCUT2D eigenvalue weighted by molar-refractivity contribution is 5.92. The first-order chi connectivity index (χ1) is 8.62. The van der Waals surface area contributed by atoms with Gasteiger partial charge in [0, 0.05) is 24.2 Å². The Bertz CT molecular complexity index is 407. The minimum atomic E-state index is -0.220. The van der Waals surface area contributed by atoms with Crippen molar-refractivity contribution < 1.29 is 14.3 Å². The van der Waals surface area contributed by atoms with Crippen LogP contribution in [0.5, 0.6) is 11.5 Å². The number of nitrogens with two attached hydrogens (primary N) is 1. The van der Waals surface area contributed by atoms with E-state index in [1.807, 2.05) is 6.92 Å². The van der Waals surface area contributed by atoms with Gasteiger partial charge in [0.05, 0.1) is 13.7 Å². The molecule has 5 nitrogen and oxygen atoms in total. The molecule has 0 aliphatic heterocycles. The molecule has 0 aliphatic carbocycles. The average Bonchev–Trinajstić information content (AvgIpc) is 2.39. The van der Waals surface area contributed by atoms with Gasteiger partial charge in [-0.1, -0.05) is 6.92 Å². The summed E-state index contributed by atoms with van der Waals surface area (Å²) in [7, 11) is 1.56. The van der Waals surface area contributed by atoms with Crippen LogP contribution < -0.4 is 20.5 Å².